The molecule has 2 nitrogen and oxygen atoms in total. The number of carbonyl (C=O) groups excluding carboxylic acids is 1. The van der Waals surface area contributed by atoms with Crippen LogP contribution in [0.1, 0.15) is 30.5 Å². The molecular weight excluding hydrogens is 265 g/mol. The van der Waals surface area contributed by atoms with E-state index >= 15 is 0 Å². The lowest BCUT2D eigenvalue weighted by Crippen LogP contribution is -2.17. The van der Waals surface area contributed by atoms with Crippen molar-refractivity contribution >= 4 is 11.6 Å². The Balaban J connectivity index is 2.18. The summed E-state index contributed by atoms with van der Waals surface area (Å²) in [6, 6.07) is 12.4. The quantitative estimate of drug-likeness (QED) is 0.879. The third kappa shape index (κ3) is 3.69. The molecule has 0 aliphatic rings. The smallest absolute Gasteiger partial charge is 0.228 e. The molecule has 1 amide bonds. The van der Waals surface area contributed by atoms with Crippen LogP contribution in [0, 0.1) is 5.82 Å². The summed E-state index contributed by atoms with van der Waals surface area (Å²) >= 11 is 0. The van der Waals surface area contributed by atoms with E-state index < -0.39 is 0 Å². The maximum Gasteiger partial charge on any atom is 0.228 e. The monoisotopic (exact) mass is 285 g/mol. The van der Waals surface area contributed by atoms with Gasteiger partial charge in [-0.25, -0.2) is 4.39 Å². The normalized spacial score (nSPS) is 10.4. The Labute approximate surface area is 125 Å². The molecule has 0 heterocycles. The van der Waals surface area contributed by atoms with Crippen molar-refractivity contribution in [3.63, 3.8) is 0 Å². The molecule has 0 atom stereocenters. The molecule has 0 aromatic heterocycles. The summed E-state index contributed by atoms with van der Waals surface area (Å²) in [5, 5.41) is 2.95. The number of halogens is 1. The van der Waals surface area contributed by atoms with E-state index in [0.29, 0.717) is 5.56 Å². The van der Waals surface area contributed by atoms with Crippen molar-refractivity contribution in [2.45, 2.75) is 33.1 Å². The van der Waals surface area contributed by atoms with Crippen molar-refractivity contribution in [3.05, 3.63) is 65.0 Å². The minimum atomic E-state index is -0.341. The number of hydrogen-bond acceptors (Lipinski definition) is 1. The summed E-state index contributed by atoms with van der Waals surface area (Å²) in [4.78, 5) is 12.2. The molecule has 2 aromatic rings. The number of nitrogens with one attached hydrogen (secondary N) is 1. The zero-order valence-electron chi connectivity index (χ0n) is 12.4. The van der Waals surface area contributed by atoms with Crippen LogP contribution in [-0.2, 0) is 24.1 Å². The van der Waals surface area contributed by atoms with Gasteiger partial charge in [0.25, 0.3) is 0 Å². The van der Waals surface area contributed by atoms with Gasteiger partial charge in [0.1, 0.15) is 5.82 Å². The van der Waals surface area contributed by atoms with Gasteiger partial charge in [-0.2, -0.15) is 0 Å². The molecule has 1 N–H and O–H groups in total. The largest absolute Gasteiger partial charge is 0.325 e. The molecule has 0 aliphatic heterocycles. The van der Waals surface area contributed by atoms with E-state index in [-0.39, 0.29) is 18.1 Å². The number of rotatable bonds is 5. The molecule has 2 aromatic carbocycles. The second kappa shape index (κ2) is 7.02. The Bertz CT molecular complexity index is 615. The lowest BCUT2D eigenvalue weighted by Gasteiger charge is -2.14. The lowest BCUT2D eigenvalue weighted by atomic mass is 10.0. The van der Waals surface area contributed by atoms with Crippen molar-refractivity contribution in [2.75, 3.05) is 5.32 Å². The van der Waals surface area contributed by atoms with Crippen LogP contribution in [0.5, 0.6) is 0 Å². The van der Waals surface area contributed by atoms with Gasteiger partial charge >= 0.3 is 0 Å². The highest BCUT2D eigenvalue weighted by molar-refractivity contribution is 5.93. The van der Waals surface area contributed by atoms with Crippen LogP contribution in [0.15, 0.2) is 42.5 Å². The van der Waals surface area contributed by atoms with E-state index in [9.17, 15) is 9.18 Å². The van der Waals surface area contributed by atoms with Crippen LogP contribution in [0.2, 0.25) is 0 Å². The summed E-state index contributed by atoms with van der Waals surface area (Å²) in [5.74, 6) is -0.525. The first-order valence-corrected chi connectivity index (χ1v) is 7.29. The van der Waals surface area contributed by atoms with Gasteiger partial charge in [-0.1, -0.05) is 50.2 Å². The molecule has 0 aliphatic carbocycles. The first-order chi connectivity index (χ1) is 10.2. The molecule has 0 radical (unpaired) electrons. The zero-order chi connectivity index (χ0) is 15.2. The third-order valence-electron chi connectivity index (χ3n) is 3.57. The fourth-order valence-corrected chi connectivity index (χ4v) is 2.40. The molecule has 3 heteroatoms. The molecule has 2 rings (SSSR count). The molecule has 0 saturated carbocycles. The zero-order valence-corrected chi connectivity index (χ0v) is 12.4. The number of carbonyl (C=O) groups is 1. The average molecular weight is 285 g/mol. The summed E-state index contributed by atoms with van der Waals surface area (Å²) in [6.07, 6.45) is 1.75. The maximum atomic E-state index is 13.6. The van der Waals surface area contributed by atoms with Gasteiger partial charge in [0, 0.05) is 5.69 Å². The number of benzene rings is 2. The Morgan fingerprint density at radius 2 is 1.52 bits per heavy atom. The van der Waals surface area contributed by atoms with E-state index in [2.05, 4.69) is 19.2 Å². The number of hydrogen-bond donors (Lipinski definition) is 1. The predicted octanol–water partition coefficient (Wildman–Crippen LogP) is 4.13. The number of aryl methyl sites for hydroxylation is 2. The van der Waals surface area contributed by atoms with Crippen molar-refractivity contribution in [2.24, 2.45) is 0 Å². The number of amides is 1. The number of anilines is 1. The van der Waals surface area contributed by atoms with Crippen molar-refractivity contribution < 1.29 is 9.18 Å². The highest BCUT2D eigenvalue weighted by Crippen LogP contribution is 2.23. The van der Waals surface area contributed by atoms with Gasteiger partial charge in [0.05, 0.1) is 6.42 Å². The first kappa shape index (κ1) is 15.2. The average Bonchev–Trinajstić information content (AvgIpc) is 2.49. The van der Waals surface area contributed by atoms with Crippen molar-refractivity contribution in [1.82, 2.24) is 0 Å². The molecule has 0 unspecified atom stereocenters. The van der Waals surface area contributed by atoms with E-state index in [1.54, 1.807) is 18.2 Å². The predicted molar refractivity (Wildman–Crippen MR) is 83.9 cm³/mol. The highest BCUT2D eigenvalue weighted by atomic mass is 19.1. The van der Waals surface area contributed by atoms with Gasteiger partial charge in [-0.05, 0) is 35.6 Å². The van der Waals surface area contributed by atoms with Crippen LogP contribution in [-0.4, -0.2) is 5.91 Å². The molecule has 0 saturated heterocycles. The molecular formula is C18H20FNO. The lowest BCUT2D eigenvalue weighted by molar-refractivity contribution is -0.115. The summed E-state index contributed by atoms with van der Waals surface area (Å²) in [5.41, 5.74) is 3.51. The van der Waals surface area contributed by atoms with Gasteiger partial charge in [-0.15, -0.1) is 0 Å². The van der Waals surface area contributed by atoms with E-state index in [1.165, 1.54) is 6.07 Å². The topological polar surface area (TPSA) is 29.1 Å². The van der Waals surface area contributed by atoms with Gasteiger partial charge in [-0.3, -0.25) is 4.79 Å². The van der Waals surface area contributed by atoms with Crippen LogP contribution < -0.4 is 5.32 Å². The highest BCUT2D eigenvalue weighted by Gasteiger charge is 2.12. The summed E-state index contributed by atoms with van der Waals surface area (Å²) < 4.78 is 13.6. The fraction of sp³-hybridized carbons (Fsp3) is 0.278. The van der Waals surface area contributed by atoms with Crippen LogP contribution in [0.25, 0.3) is 0 Å². The molecule has 110 valence electrons. The minimum Gasteiger partial charge on any atom is -0.325 e. The van der Waals surface area contributed by atoms with Crippen LogP contribution >= 0.6 is 0 Å². The standard InChI is InChI=1S/C18H20FNO/c1-3-13-9-7-10-14(4-2)18(13)20-17(21)12-15-8-5-6-11-16(15)19/h5-11H,3-4,12H2,1-2H3,(H,20,21). The summed E-state index contributed by atoms with van der Waals surface area (Å²) in [7, 11) is 0. The van der Waals surface area contributed by atoms with E-state index in [1.807, 2.05) is 18.2 Å². The van der Waals surface area contributed by atoms with E-state index in [4.69, 9.17) is 0 Å². The molecule has 0 bridgehead atoms. The van der Waals surface area contributed by atoms with Gasteiger partial charge in [0.2, 0.25) is 5.91 Å². The Kier molecular flexibility index (Phi) is 5.09. The van der Waals surface area contributed by atoms with Crippen LogP contribution in [0.4, 0.5) is 10.1 Å². The molecule has 21 heavy (non-hydrogen) atoms. The molecule has 0 fully saturated rings. The maximum absolute atomic E-state index is 13.6. The Hall–Kier alpha value is -2.16. The third-order valence-corrected chi connectivity index (χ3v) is 3.57. The van der Waals surface area contributed by atoms with Gasteiger partial charge < -0.3 is 5.32 Å². The molecule has 0 spiro atoms. The minimum absolute atomic E-state index is 0.0495. The van der Waals surface area contributed by atoms with E-state index in [0.717, 1.165) is 29.7 Å². The Morgan fingerprint density at radius 3 is 2.10 bits per heavy atom. The number of para-hydroxylation sites is 1. The van der Waals surface area contributed by atoms with Crippen molar-refractivity contribution in [1.29, 1.82) is 0 Å². The van der Waals surface area contributed by atoms with Crippen molar-refractivity contribution in [3.8, 4) is 0 Å². The fourth-order valence-electron chi connectivity index (χ4n) is 2.40. The second-order valence-corrected chi connectivity index (χ2v) is 4.97. The van der Waals surface area contributed by atoms with Gasteiger partial charge in [0.15, 0.2) is 0 Å². The van der Waals surface area contributed by atoms with Crippen LogP contribution in [0.3, 0.4) is 0 Å². The summed E-state index contributed by atoms with van der Waals surface area (Å²) in [6.45, 7) is 4.11. The Morgan fingerprint density at radius 1 is 0.952 bits per heavy atom. The second-order valence-electron chi connectivity index (χ2n) is 4.97. The SMILES string of the molecule is CCc1cccc(CC)c1NC(=O)Cc1ccccc1F. The first-order valence-electron chi connectivity index (χ1n) is 7.29.